The highest BCUT2D eigenvalue weighted by Gasteiger charge is 2.35. The summed E-state index contributed by atoms with van der Waals surface area (Å²) in [5, 5.41) is 11.3. The van der Waals surface area contributed by atoms with Crippen LogP contribution in [-0.4, -0.2) is 56.7 Å². The summed E-state index contributed by atoms with van der Waals surface area (Å²) in [7, 11) is 0. The third-order valence-corrected chi connectivity index (χ3v) is 5.30. The molecule has 0 N–H and O–H groups in total. The number of nitrogens with zero attached hydrogens (tertiary/aromatic N) is 6. The smallest absolute Gasteiger partial charge is 0.294 e. The molecule has 0 radical (unpaired) electrons. The lowest BCUT2D eigenvalue weighted by Crippen LogP contribution is -2.52. The van der Waals surface area contributed by atoms with Crippen LogP contribution in [0.15, 0.2) is 59.5 Å². The summed E-state index contributed by atoms with van der Waals surface area (Å²) in [5.74, 6) is 0.606. The monoisotopic (exact) mass is 380 g/mol. The van der Waals surface area contributed by atoms with Gasteiger partial charge in [0.15, 0.2) is 5.76 Å². The molecule has 1 fully saturated rings. The highest BCUT2D eigenvalue weighted by molar-refractivity contribution is 6.04. The molecule has 146 valence electrons. The van der Waals surface area contributed by atoms with Gasteiger partial charge in [0.25, 0.3) is 5.91 Å². The van der Waals surface area contributed by atoms with Gasteiger partial charge in [0.1, 0.15) is 6.33 Å². The number of furan rings is 1. The van der Waals surface area contributed by atoms with Crippen molar-refractivity contribution in [1.82, 2.24) is 25.1 Å². The van der Waals surface area contributed by atoms with Gasteiger partial charge in [-0.05, 0) is 47.0 Å². The van der Waals surface area contributed by atoms with E-state index in [1.54, 1.807) is 29.4 Å². The molecule has 2 unspecified atom stereocenters. The number of hydrogen-bond acceptors (Lipinski definition) is 6. The maximum atomic E-state index is 13.2. The van der Waals surface area contributed by atoms with Gasteiger partial charge >= 0.3 is 0 Å². The van der Waals surface area contributed by atoms with E-state index in [1.165, 1.54) is 0 Å². The van der Waals surface area contributed by atoms with Gasteiger partial charge in [0, 0.05) is 31.4 Å². The molecule has 8 heteroatoms. The number of anilines is 1. The molecule has 3 aromatic rings. The SMILES string of the molecule is CC1CN(CCn2cnnn2)CCC1N(C(=O)c1ccco1)c1ccccc1. The Morgan fingerprint density at radius 2 is 2.07 bits per heavy atom. The van der Waals surface area contributed by atoms with E-state index < -0.39 is 0 Å². The van der Waals surface area contributed by atoms with Gasteiger partial charge in [-0.2, -0.15) is 0 Å². The van der Waals surface area contributed by atoms with E-state index in [-0.39, 0.29) is 11.9 Å². The maximum Gasteiger partial charge on any atom is 0.294 e. The molecule has 3 heterocycles. The number of amides is 1. The second-order valence-corrected chi connectivity index (χ2v) is 7.19. The lowest BCUT2D eigenvalue weighted by Gasteiger charge is -2.42. The summed E-state index contributed by atoms with van der Waals surface area (Å²) in [4.78, 5) is 17.5. The average molecular weight is 380 g/mol. The number of likely N-dealkylation sites (tertiary alicyclic amines) is 1. The molecular formula is C20H24N6O2. The zero-order valence-electron chi connectivity index (χ0n) is 15.9. The maximum absolute atomic E-state index is 13.2. The Hall–Kier alpha value is -3.00. The van der Waals surface area contributed by atoms with Crippen molar-refractivity contribution < 1.29 is 9.21 Å². The molecule has 0 bridgehead atoms. The average Bonchev–Trinajstić information content (AvgIpc) is 3.43. The number of tetrazole rings is 1. The van der Waals surface area contributed by atoms with Crippen LogP contribution in [0.5, 0.6) is 0 Å². The minimum absolute atomic E-state index is 0.0878. The Morgan fingerprint density at radius 1 is 1.21 bits per heavy atom. The van der Waals surface area contributed by atoms with Gasteiger partial charge in [-0.1, -0.05) is 25.1 Å². The second kappa shape index (κ2) is 8.35. The molecule has 4 rings (SSSR count). The molecule has 28 heavy (non-hydrogen) atoms. The first kappa shape index (κ1) is 18.4. The number of piperidine rings is 1. The molecule has 8 nitrogen and oxygen atoms in total. The van der Waals surface area contributed by atoms with Crippen LogP contribution in [0.1, 0.15) is 23.9 Å². The molecule has 2 atom stereocenters. The Bertz CT molecular complexity index is 866. The van der Waals surface area contributed by atoms with Gasteiger partial charge in [0.05, 0.1) is 12.8 Å². The van der Waals surface area contributed by atoms with Crippen molar-refractivity contribution in [3.63, 3.8) is 0 Å². The Kier molecular flexibility index (Phi) is 5.48. The molecule has 1 saturated heterocycles. The second-order valence-electron chi connectivity index (χ2n) is 7.19. The highest BCUT2D eigenvalue weighted by atomic mass is 16.3. The van der Waals surface area contributed by atoms with Crippen LogP contribution in [-0.2, 0) is 6.54 Å². The Morgan fingerprint density at radius 3 is 2.75 bits per heavy atom. The number of benzene rings is 1. The number of hydrogen-bond donors (Lipinski definition) is 0. The van der Waals surface area contributed by atoms with E-state index in [2.05, 4.69) is 27.3 Å². The summed E-state index contributed by atoms with van der Waals surface area (Å²) in [6, 6.07) is 13.4. The van der Waals surface area contributed by atoms with Crippen molar-refractivity contribution in [2.45, 2.75) is 25.9 Å². The van der Waals surface area contributed by atoms with Crippen LogP contribution in [0.4, 0.5) is 5.69 Å². The Labute approximate surface area is 163 Å². The van der Waals surface area contributed by atoms with Crippen LogP contribution in [0.2, 0.25) is 0 Å². The normalized spacial score (nSPS) is 20.2. The fraction of sp³-hybridized carbons (Fsp3) is 0.400. The van der Waals surface area contributed by atoms with E-state index in [0.717, 1.165) is 38.3 Å². The third-order valence-electron chi connectivity index (χ3n) is 5.30. The van der Waals surface area contributed by atoms with Crippen LogP contribution < -0.4 is 4.90 Å². The van der Waals surface area contributed by atoms with Gasteiger partial charge < -0.3 is 14.2 Å². The quantitative estimate of drug-likeness (QED) is 0.653. The lowest BCUT2D eigenvalue weighted by molar-refractivity contribution is 0.0903. The van der Waals surface area contributed by atoms with Crippen molar-refractivity contribution in [3.8, 4) is 0 Å². The van der Waals surface area contributed by atoms with E-state index in [9.17, 15) is 4.79 Å². The molecular weight excluding hydrogens is 356 g/mol. The van der Waals surface area contributed by atoms with E-state index >= 15 is 0 Å². The van der Waals surface area contributed by atoms with E-state index in [1.807, 2.05) is 35.2 Å². The molecule has 1 amide bonds. The third kappa shape index (κ3) is 3.96. The largest absolute Gasteiger partial charge is 0.459 e. The number of aromatic nitrogens is 4. The molecule has 2 aromatic heterocycles. The van der Waals surface area contributed by atoms with Gasteiger partial charge in [0.2, 0.25) is 0 Å². The Balaban J connectivity index is 1.48. The molecule has 1 aliphatic heterocycles. The molecule has 0 spiro atoms. The summed E-state index contributed by atoms with van der Waals surface area (Å²) >= 11 is 0. The highest BCUT2D eigenvalue weighted by Crippen LogP contribution is 2.29. The zero-order chi connectivity index (χ0) is 19.3. The van der Waals surface area contributed by atoms with Gasteiger partial charge in [-0.3, -0.25) is 4.79 Å². The minimum atomic E-state index is -0.0878. The van der Waals surface area contributed by atoms with Gasteiger partial charge in [-0.25, -0.2) is 4.68 Å². The minimum Gasteiger partial charge on any atom is -0.459 e. The van der Waals surface area contributed by atoms with Crippen molar-refractivity contribution in [1.29, 1.82) is 0 Å². The fourth-order valence-corrected chi connectivity index (χ4v) is 3.90. The van der Waals surface area contributed by atoms with Crippen molar-refractivity contribution in [2.75, 3.05) is 24.5 Å². The number of rotatable bonds is 6. The first-order chi connectivity index (χ1) is 13.7. The molecule has 1 aromatic carbocycles. The van der Waals surface area contributed by atoms with E-state index in [4.69, 9.17) is 4.42 Å². The summed E-state index contributed by atoms with van der Waals surface area (Å²) in [5.41, 5.74) is 0.905. The molecule has 0 aliphatic carbocycles. The number of para-hydroxylation sites is 1. The van der Waals surface area contributed by atoms with Crippen molar-refractivity contribution >= 4 is 11.6 Å². The standard InChI is InChI=1S/C20H24N6O2/c1-16-14-24(11-12-25-15-21-22-23-25)10-9-18(16)26(17-6-3-2-4-7-17)20(27)19-8-5-13-28-19/h2-8,13,15-16,18H,9-12,14H2,1H3. The van der Waals surface area contributed by atoms with Crippen molar-refractivity contribution in [3.05, 3.63) is 60.8 Å². The zero-order valence-corrected chi connectivity index (χ0v) is 15.9. The van der Waals surface area contributed by atoms with Crippen LogP contribution in [0, 0.1) is 5.92 Å². The first-order valence-corrected chi connectivity index (χ1v) is 9.57. The predicted molar refractivity (Wildman–Crippen MR) is 104 cm³/mol. The first-order valence-electron chi connectivity index (χ1n) is 9.57. The van der Waals surface area contributed by atoms with Gasteiger partial charge in [-0.15, -0.1) is 5.10 Å². The summed E-state index contributed by atoms with van der Waals surface area (Å²) in [6.45, 7) is 5.70. The predicted octanol–water partition coefficient (Wildman–Crippen LogP) is 2.32. The number of carbonyl (C=O) groups is 1. The molecule has 1 aliphatic rings. The topological polar surface area (TPSA) is 80.3 Å². The van der Waals surface area contributed by atoms with E-state index in [0.29, 0.717) is 11.7 Å². The van der Waals surface area contributed by atoms with Crippen LogP contribution >= 0.6 is 0 Å². The van der Waals surface area contributed by atoms with Crippen molar-refractivity contribution in [2.24, 2.45) is 5.92 Å². The summed E-state index contributed by atoms with van der Waals surface area (Å²) in [6.07, 6.45) is 4.08. The van der Waals surface area contributed by atoms with Crippen LogP contribution in [0.3, 0.4) is 0 Å². The molecule has 0 saturated carbocycles. The number of carbonyl (C=O) groups excluding carboxylic acids is 1. The fourth-order valence-electron chi connectivity index (χ4n) is 3.90. The lowest BCUT2D eigenvalue weighted by atomic mass is 9.91. The van der Waals surface area contributed by atoms with Crippen LogP contribution in [0.25, 0.3) is 0 Å². The summed E-state index contributed by atoms with van der Waals surface area (Å²) < 4.78 is 7.15.